The van der Waals surface area contributed by atoms with Crippen LogP contribution in [0.2, 0.25) is 18.1 Å². The molecule has 4 nitrogen and oxygen atoms in total. The molecule has 15 heavy (non-hydrogen) atoms. The van der Waals surface area contributed by atoms with Gasteiger partial charge in [-0.05, 0) is 0 Å². The van der Waals surface area contributed by atoms with Crippen LogP contribution >= 0.6 is 0 Å². The van der Waals surface area contributed by atoms with E-state index in [1.807, 2.05) is 0 Å². The van der Waals surface area contributed by atoms with Gasteiger partial charge in [0.1, 0.15) is 0 Å². The summed E-state index contributed by atoms with van der Waals surface area (Å²) in [5.41, 5.74) is 0. The van der Waals surface area contributed by atoms with E-state index in [-0.39, 0.29) is 0 Å². The quantitative estimate of drug-likeness (QED) is 0.599. The number of hydrogen-bond acceptors (Lipinski definition) is 4. The normalized spacial score (nSPS) is 13.2. The van der Waals surface area contributed by atoms with Crippen LogP contribution in [-0.4, -0.2) is 17.9 Å². The van der Waals surface area contributed by atoms with Crippen LogP contribution in [0.4, 0.5) is 0 Å². The molecule has 0 heterocycles. The third-order valence-electron chi connectivity index (χ3n) is 2.47. The molecular weight excluding hydrogens is 291 g/mol. The van der Waals surface area contributed by atoms with Gasteiger partial charge in [0.15, 0.2) is 0 Å². The molecule has 0 aliphatic rings. The fraction of sp³-hybridized carbons (Fsp3) is 1.00. The Morgan fingerprint density at radius 1 is 0.867 bits per heavy atom. The van der Waals surface area contributed by atoms with Crippen molar-refractivity contribution >= 4 is 8.32 Å². The van der Waals surface area contributed by atoms with Crippen molar-refractivity contribution in [2.45, 2.75) is 58.2 Å². The maximum absolute atomic E-state index is 9.17. The Balaban J connectivity index is 4.60. The van der Waals surface area contributed by atoms with E-state index in [2.05, 4.69) is 20.8 Å². The molecule has 0 spiro atoms. The molecule has 0 rings (SSSR count). The van der Waals surface area contributed by atoms with E-state index in [1.54, 1.807) is 0 Å². The summed E-state index contributed by atoms with van der Waals surface area (Å²) in [5.74, 6) is 0. The van der Waals surface area contributed by atoms with Gasteiger partial charge in [0, 0.05) is 0 Å². The van der Waals surface area contributed by atoms with Gasteiger partial charge in [-0.2, -0.15) is 0 Å². The molecule has 0 bridgehead atoms. The molecule has 0 radical (unpaired) electrons. The zero-order valence-corrected chi connectivity index (χ0v) is 13.5. The summed E-state index contributed by atoms with van der Waals surface area (Å²) in [6.45, 7) is 6.21. The standard InChI is InChI=1S/C9H21OSi.3H2O.Zr/c1-4-7-11(10,8-5-2)9-6-3;;;;/h4-9H2,1-3H3;3*1H2;/q-1;;;;+4/p-3. The van der Waals surface area contributed by atoms with Crippen molar-refractivity contribution in [3.63, 3.8) is 0 Å². The van der Waals surface area contributed by atoms with Crippen LogP contribution in [0.3, 0.4) is 0 Å². The van der Waals surface area contributed by atoms with Crippen molar-refractivity contribution in [1.82, 2.24) is 0 Å². The van der Waals surface area contributed by atoms with Crippen LogP contribution in [0.15, 0.2) is 0 Å². The number of hydrogen-bond donors (Lipinski definition) is 3. The summed E-state index contributed by atoms with van der Waals surface area (Å²) in [4.78, 5) is 0. The fourth-order valence-corrected chi connectivity index (χ4v) is 13.1. The zero-order valence-electron chi connectivity index (χ0n) is 9.99. The molecule has 92 valence electrons. The third-order valence-corrected chi connectivity index (χ3v) is 12.6. The Bertz CT molecular complexity index is 155. The fourth-order valence-electron chi connectivity index (χ4n) is 2.19. The molecule has 0 atom stereocenters. The Hall–Kier alpha value is 0.940. The van der Waals surface area contributed by atoms with Crippen LogP contribution in [-0.2, 0) is 24.5 Å². The average Bonchev–Trinajstić information content (AvgIpc) is 2.01. The Kier molecular flexibility index (Phi) is 7.76. The van der Waals surface area contributed by atoms with Crippen molar-refractivity contribution in [2.24, 2.45) is 0 Å². The second kappa shape index (κ2) is 7.30. The summed E-state index contributed by atoms with van der Waals surface area (Å²) >= 11 is -5.05. The molecule has 6 heteroatoms. The summed E-state index contributed by atoms with van der Waals surface area (Å²) in [6.07, 6.45) is 2.94. The molecular formula is C9H24O4SiZr. The van der Waals surface area contributed by atoms with Crippen molar-refractivity contribution in [3.05, 3.63) is 0 Å². The van der Waals surface area contributed by atoms with Crippen LogP contribution in [0, 0.1) is 0 Å². The van der Waals surface area contributed by atoms with Gasteiger partial charge in [0.25, 0.3) is 0 Å². The molecule has 0 unspecified atom stereocenters. The Morgan fingerprint density at radius 2 is 1.20 bits per heavy atom. The van der Waals surface area contributed by atoms with E-state index in [4.69, 9.17) is 12.1 Å². The predicted octanol–water partition coefficient (Wildman–Crippen LogP) is 1.97. The zero-order chi connectivity index (χ0) is 11.9. The summed E-state index contributed by atoms with van der Waals surface area (Å²) in [7, 11) is -2.09. The van der Waals surface area contributed by atoms with E-state index in [1.165, 1.54) is 0 Å². The van der Waals surface area contributed by atoms with E-state index in [0.717, 1.165) is 37.4 Å². The van der Waals surface area contributed by atoms with E-state index >= 15 is 0 Å². The predicted molar refractivity (Wildman–Crippen MR) is 58.8 cm³/mol. The molecule has 0 aliphatic heterocycles. The van der Waals surface area contributed by atoms with Gasteiger partial charge in [0.2, 0.25) is 0 Å². The summed E-state index contributed by atoms with van der Waals surface area (Å²) in [6, 6.07) is 2.74. The molecule has 0 amide bonds. The van der Waals surface area contributed by atoms with E-state index in [0.29, 0.717) is 0 Å². The van der Waals surface area contributed by atoms with Gasteiger partial charge in [-0.25, -0.2) is 0 Å². The van der Waals surface area contributed by atoms with Gasteiger partial charge < -0.3 is 0 Å². The van der Waals surface area contributed by atoms with Gasteiger partial charge in [-0.15, -0.1) is 0 Å². The summed E-state index contributed by atoms with van der Waals surface area (Å²) < 4.78 is 32.9. The van der Waals surface area contributed by atoms with Crippen molar-refractivity contribution in [1.29, 1.82) is 0 Å². The summed E-state index contributed by atoms with van der Waals surface area (Å²) in [5, 5.41) is 0. The molecule has 3 N–H and O–H groups in total. The Labute approximate surface area is 100 Å². The first kappa shape index (κ1) is 15.9. The first-order valence-corrected chi connectivity index (χ1v) is 12.6. The van der Waals surface area contributed by atoms with Crippen molar-refractivity contribution < 1.29 is 34.1 Å². The first-order chi connectivity index (χ1) is 6.89. The SMILES string of the molecule is CCC[Si](CCC)(CCC)[O][Zr]([OH])([OH])[OH]. The first-order valence-electron chi connectivity index (χ1n) is 5.76. The molecule has 0 aromatic heterocycles. The third kappa shape index (κ3) is 6.97. The average molecular weight is 316 g/mol. The van der Waals surface area contributed by atoms with Gasteiger partial charge in [-0.1, -0.05) is 0 Å². The van der Waals surface area contributed by atoms with Crippen LogP contribution in [0.25, 0.3) is 0 Å². The topological polar surface area (TPSA) is 69.9 Å². The Morgan fingerprint density at radius 3 is 1.40 bits per heavy atom. The van der Waals surface area contributed by atoms with E-state index in [9.17, 15) is 0 Å². The second-order valence-corrected chi connectivity index (χ2v) is 12.5. The van der Waals surface area contributed by atoms with E-state index < -0.39 is 30.3 Å². The molecule has 0 aromatic rings. The van der Waals surface area contributed by atoms with Gasteiger partial charge in [-0.3, -0.25) is 0 Å². The maximum atomic E-state index is 9.17. The molecule has 0 saturated carbocycles. The van der Waals surface area contributed by atoms with Gasteiger partial charge in [0.05, 0.1) is 0 Å². The number of rotatable bonds is 8. The molecule has 0 aromatic carbocycles. The van der Waals surface area contributed by atoms with Crippen LogP contribution < -0.4 is 0 Å². The van der Waals surface area contributed by atoms with Crippen LogP contribution in [0.5, 0.6) is 0 Å². The minimum absolute atomic E-state index is 0.912. The molecule has 0 saturated heterocycles. The molecule has 0 fully saturated rings. The second-order valence-electron chi connectivity index (χ2n) is 4.11. The van der Waals surface area contributed by atoms with Crippen molar-refractivity contribution in [2.75, 3.05) is 0 Å². The minimum atomic E-state index is -5.05. The monoisotopic (exact) mass is 314 g/mol. The molecule has 0 aliphatic carbocycles. The van der Waals surface area contributed by atoms with Crippen molar-refractivity contribution in [3.8, 4) is 0 Å². The van der Waals surface area contributed by atoms with Crippen LogP contribution in [0.1, 0.15) is 40.0 Å². The van der Waals surface area contributed by atoms with Gasteiger partial charge >= 0.3 is 101 Å².